The van der Waals surface area contributed by atoms with Crippen molar-refractivity contribution in [2.75, 3.05) is 13.4 Å². The summed E-state index contributed by atoms with van der Waals surface area (Å²) in [7, 11) is -7.24. The zero-order chi connectivity index (χ0) is 15.8. The van der Waals surface area contributed by atoms with Crippen LogP contribution in [0.1, 0.15) is 32.1 Å². The Bertz CT molecular complexity index is 532. The summed E-state index contributed by atoms with van der Waals surface area (Å²) in [5, 5.41) is 0. The second-order valence-corrected chi connectivity index (χ2v) is 6.64. The van der Waals surface area contributed by atoms with E-state index in [1.807, 2.05) is 0 Å². The van der Waals surface area contributed by atoms with E-state index in [1.165, 1.54) is 0 Å². The smallest absolute Gasteiger partial charge is 0.346 e. The predicted molar refractivity (Wildman–Crippen MR) is 66.0 cm³/mol. The van der Waals surface area contributed by atoms with Crippen LogP contribution in [0.15, 0.2) is 0 Å². The Kier molecular flexibility index (Phi) is 7.68. The molecule has 118 valence electrons. The molecule has 0 unspecified atom stereocenters. The first-order valence-electron chi connectivity index (χ1n) is 5.51. The van der Waals surface area contributed by atoms with Crippen LogP contribution in [0, 0.1) is 0 Å². The molecule has 0 aliphatic rings. The van der Waals surface area contributed by atoms with Gasteiger partial charge in [-0.15, -0.1) is 0 Å². The van der Waals surface area contributed by atoms with E-state index in [0.717, 1.165) is 13.4 Å². The van der Waals surface area contributed by atoms with E-state index in [2.05, 4.69) is 12.5 Å². The summed E-state index contributed by atoms with van der Waals surface area (Å²) < 4.78 is 54.7. The molecule has 9 nitrogen and oxygen atoms in total. The third kappa shape index (κ3) is 10.7. The molecular weight excluding hydrogens is 316 g/mol. The van der Waals surface area contributed by atoms with E-state index in [4.69, 9.17) is 0 Å². The maximum atomic E-state index is 11.0. The van der Waals surface area contributed by atoms with Crippen molar-refractivity contribution in [1.29, 1.82) is 0 Å². The minimum absolute atomic E-state index is 0.113. The fraction of sp³-hybridized carbons (Fsp3) is 0.778. The summed E-state index contributed by atoms with van der Waals surface area (Å²) in [5.41, 5.74) is 0. The molecule has 0 radical (unpaired) electrons. The molecule has 0 amide bonds. The second-order valence-electron chi connectivity index (χ2n) is 3.75. The molecule has 0 N–H and O–H groups in total. The average Bonchev–Trinajstić information content (AvgIpc) is 2.25. The average molecular weight is 332 g/mol. The van der Waals surface area contributed by atoms with Crippen LogP contribution in [0.4, 0.5) is 0 Å². The molecule has 0 aliphatic carbocycles. The summed E-state index contributed by atoms with van der Waals surface area (Å²) in [6, 6.07) is 0. The van der Waals surface area contributed by atoms with E-state index >= 15 is 0 Å². The van der Waals surface area contributed by atoms with Crippen molar-refractivity contribution in [3.63, 3.8) is 0 Å². The van der Waals surface area contributed by atoms with E-state index in [0.29, 0.717) is 12.8 Å². The maximum Gasteiger partial charge on any atom is 0.451 e. The molecule has 20 heavy (non-hydrogen) atoms. The molecule has 0 atom stereocenters. The summed E-state index contributed by atoms with van der Waals surface area (Å²) in [6.45, 7) is 0. The molecule has 0 saturated heterocycles. The molecule has 11 heteroatoms. The summed E-state index contributed by atoms with van der Waals surface area (Å²) >= 11 is 0. The fourth-order valence-corrected chi connectivity index (χ4v) is 1.92. The first-order chi connectivity index (χ1) is 9.06. The van der Waals surface area contributed by atoms with Crippen LogP contribution in [-0.4, -0.2) is 42.1 Å². The van der Waals surface area contributed by atoms with Crippen LogP contribution in [0.25, 0.3) is 0 Å². The predicted octanol–water partition coefficient (Wildman–Crippen LogP) is -0.126. The Morgan fingerprint density at radius 1 is 0.850 bits per heavy atom. The zero-order valence-electron chi connectivity index (χ0n) is 11.0. The lowest BCUT2D eigenvalue weighted by atomic mass is 10.1. The Balaban J connectivity index is 3.78. The van der Waals surface area contributed by atoms with Gasteiger partial charge < -0.3 is 8.37 Å². The first kappa shape index (κ1) is 18.8. The summed E-state index contributed by atoms with van der Waals surface area (Å²) in [6.07, 6.45) is 1.48. The highest BCUT2D eigenvalue weighted by Crippen LogP contribution is 2.07. The van der Waals surface area contributed by atoms with Gasteiger partial charge >= 0.3 is 32.5 Å². The van der Waals surface area contributed by atoms with Gasteiger partial charge in [0.25, 0.3) is 0 Å². The van der Waals surface area contributed by atoms with Crippen LogP contribution in [0.5, 0.6) is 0 Å². The van der Waals surface area contributed by atoms with Gasteiger partial charge in [-0.1, -0.05) is 6.42 Å². The number of carbonyl (C=O) groups excluding carboxylic acids is 2. The first-order valence-corrected chi connectivity index (χ1v) is 8.66. The largest absolute Gasteiger partial charge is 0.451 e. The van der Waals surface area contributed by atoms with Crippen molar-refractivity contribution in [2.45, 2.75) is 32.1 Å². The maximum absolute atomic E-state index is 11.0. The van der Waals surface area contributed by atoms with E-state index in [9.17, 15) is 26.4 Å². The van der Waals surface area contributed by atoms with Crippen molar-refractivity contribution < 1.29 is 39.0 Å². The molecule has 0 aromatic heterocycles. The summed E-state index contributed by atoms with van der Waals surface area (Å²) in [5.74, 6) is -1.84. The van der Waals surface area contributed by atoms with E-state index in [1.54, 1.807) is 0 Å². The molecule has 0 rings (SSSR count). The standard InChI is InChI=1S/C9H16O9S2/c1-16-20(14,15)18-9(11)7-5-3-4-6-8(10)17-19(2,12)13/h3-7H2,1-2H3. The normalized spacial score (nSPS) is 11.9. The van der Waals surface area contributed by atoms with E-state index < -0.39 is 32.5 Å². The van der Waals surface area contributed by atoms with Crippen LogP contribution >= 0.6 is 0 Å². The molecule has 0 bridgehead atoms. The van der Waals surface area contributed by atoms with Gasteiger partial charge in [0.15, 0.2) is 0 Å². The SMILES string of the molecule is COS(=O)(=O)OC(=O)CCCCCC(=O)OS(C)(=O)=O. The fourth-order valence-electron chi connectivity index (χ4n) is 1.12. The van der Waals surface area contributed by atoms with Gasteiger partial charge in [-0.3, -0.25) is 9.59 Å². The van der Waals surface area contributed by atoms with Gasteiger partial charge in [-0.2, -0.15) is 16.8 Å². The minimum Gasteiger partial charge on any atom is -0.346 e. The second kappa shape index (κ2) is 8.17. The number of carbonyl (C=O) groups is 2. The molecule has 0 saturated carbocycles. The van der Waals surface area contributed by atoms with Crippen molar-refractivity contribution >= 4 is 32.5 Å². The highest BCUT2D eigenvalue weighted by molar-refractivity contribution is 7.86. The lowest BCUT2D eigenvalue weighted by Gasteiger charge is -2.03. The summed E-state index contributed by atoms with van der Waals surface area (Å²) in [4.78, 5) is 22.0. The molecule has 0 fully saturated rings. The molecule has 0 spiro atoms. The number of unbranched alkanes of at least 4 members (excludes halogenated alkanes) is 2. The van der Waals surface area contributed by atoms with Crippen LogP contribution < -0.4 is 0 Å². The van der Waals surface area contributed by atoms with Gasteiger partial charge in [0, 0.05) is 12.8 Å². The Hall–Kier alpha value is -1.20. The highest BCUT2D eigenvalue weighted by atomic mass is 32.3. The molecule has 0 aromatic carbocycles. The third-order valence-electron chi connectivity index (χ3n) is 1.91. The molecule has 0 heterocycles. The van der Waals surface area contributed by atoms with Crippen molar-refractivity contribution in [3.05, 3.63) is 0 Å². The Morgan fingerprint density at radius 2 is 1.30 bits per heavy atom. The lowest BCUT2D eigenvalue weighted by molar-refractivity contribution is -0.134. The van der Waals surface area contributed by atoms with Gasteiger partial charge in [0.2, 0.25) is 0 Å². The van der Waals surface area contributed by atoms with Crippen LogP contribution in [0.3, 0.4) is 0 Å². The topological polar surface area (TPSA) is 130 Å². The van der Waals surface area contributed by atoms with Crippen molar-refractivity contribution in [3.8, 4) is 0 Å². The molecule has 0 aliphatic heterocycles. The number of hydrogen-bond donors (Lipinski definition) is 0. The third-order valence-corrected chi connectivity index (χ3v) is 3.19. The van der Waals surface area contributed by atoms with Gasteiger partial charge in [-0.05, 0) is 12.8 Å². The number of rotatable bonds is 9. The van der Waals surface area contributed by atoms with Crippen molar-refractivity contribution in [1.82, 2.24) is 0 Å². The van der Waals surface area contributed by atoms with Gasteiger partial charge in [0.05, 0.1) is 13.4 Å². The highest BCUT2D eigenvalue weighted by Gasteiger charge is 2.16. The van der Waals surface area contributed by atoms with Gasteiger partial charge in [-0.25, -0.2) is 4.18 Å². The van der Waals surface area contributed by atoms with E-state index in [-0.39, 0.29) is 19.3 Å². The quantitative estimate of drug-likeness (QED) is 0.418. The zero-order valence-corrected chi connectivity index (χ0v) is 12.7. The molecule has 0 aromatic rings. The van der Waals surface area contributed by atoms with Crippen LogP contribution in [0.2, 0.25) is 0 Å². The monoisotopic (exact) mass is 332 g/mol. The van der Waals surface area contributed by atoms with Crippen LogP contribution in [-0.2, 0) is 42.7 Å². The number of hydrogen-bond acceptors (Lipinski definition) is 9. The Labute approximate surface area is 117 Å². The van der Waals surface area contributed by atoms with Gasteiger partial charge in [0.1, 0.15) is 0 Å². The lowest BCUT2D eigenvalue weighted by Crippen LogP contribution is -2.14. The van der Waals surface area contributed by atoms with Crippen molar-refractivity contribution in [2.24, 2.45) is 0 Å². The Morgan fingerprint density at radius 3 is 1.70 bits per heavy atom. The minimum atomic E-state index is -4.29. The molecular formula is C9H16O9S2.